The van der Waals surface area contributed by atoms with Gasteiger partial charge < -0.3 is 10.6 Å². The van der Waals surface area contributed by atoms with Crippen molar-refractivity contribution >= 4 is 23.0 Å². The summed E-state index contributed by atoms with van der Waals surface area (Å²) in [5.74, 6) is -0.527. The van der Waals surface area contributed by atoms with Gasteiger partial charge in [0.2, 0.25) is 0 Å². The smallest absolute Gasteiger partial charge is 0.170 e. The summed E-state index contributed by atoms with van der Waals surface area (Å²) in [5, 5.41) is 15.0. The molecule has 0 aliphatic carbocycles. The van der Waals surface area contributed by atoms with Gasteiger partial charge in [0, 0.05) is 12.2 Å². The maximum atomic E-state index is 13.0. The van der Waals surface area contributed by atoms with Crippen LogP contribution in [0.5, 0.6) is 0 Å². The lowest BCUT2D eigenvalue weighted by molar-refractivity contribution is 0.624. The van der Waals surface area contributed by atoms with Crippen LogP contribution in [0, 0.1) is 17.1 Å². The highest BCUT2D eigenvalue weighted by Crippen LogP contribution is 2.13. The molecule has 0 heterocycles. The normalized spacial score (nSPS) is 9.31. The number of thiocarbonyl (C=S) groups is 1. The van der Waals surface area contributed by atoms with Crippen LogP contribution in [0.1, 0.15) is 18.9 Å². The molecule has 0 amide bonds. The summed E-state index contributed by atoms with van der Waals surface area (Å²) >= 11 is 5.01. The molecule has 5 heteroatoms. The third kappa shape index (κ3) is 3.48. The molecule has 0 aromatic heterocycles. The molecule has 84 valence electrons. The highest BCUT2D eigenvalue weighted by molar-refractivity contribution is 7.80. The third-order valence-corrected chi connectivity index (χ3v) is 2.13. The number of hydrogen-bond donors (Lipinski definition) is 2. The SMILES string of the molecule is CCCNC(=S)Nc1ccc(F)c(C#N)c1. The van der Waals surface area contributed by atoms with E-state index in [0.29, 0.717) is 10.8 Å². The highest BCUT2D eigenvalue weighted by Gasteiger charge is 2.03. The zero-order valence-electron chi connectivity index (χ0n) is 8.88. The minimum atomic E-state index is -0.527. The molecule has 0 spiro atoms. The Bertz CT molecular complexity index is 426. The average molecular weight is 237 g/mol. The largest absolute Gasteiger partial charge is 0.362 e. The molecule has 1 aromatic carbocycles. The molecule has 0 aliphatic rings. The van der Waals surface area contributed by atoms with Crippen molar-refractivity contribution in [1.29, 1.82) is 5.26 Å². The van der Waals surface area contributed by atoms with E-state index in [1.54, 1.807) is 6.07 Å². The average Bonchev–Trinajstić information content (AvgIpc) is 2.29. The van der Waals surface area contributed by atoms with Crippen LogP contribution in [0.2, 0.25) is 0 Å². The Labute approximate surface area is 99.3 Å². The van der Waals surface area contributed by atoms with Gasteiger partial charge >= 0.3 is 0 Å². The van der Waals surface area contributed by atoms with E-state index in [9.17, 15) is 4.39 Å². The molecular weight excluding hydrogens is 225 g/mol. The number of nitrogens with zero attached hydrogens (tertiary/aromatic N) is 1. The quantitative estimate of drug-likeness (QED) is 0.792. The molecule has 0 saturated heterocycles. The lowest BCUT2D eigenvalue weighted by atomic mass is 10.2. The summed E-state index contributed by atoms with van der Waals surface area (Å²) in [5.41, 5.74) is 0.606. The molecule has 0 fully saturated rings. The van der Waals surface area contributed by atoms with E-state index in [4.69, 9.17) is 17.5 Å². The Kier molecular flexibility index (Phi) is 4.67. The van der Waals surface area contributed by atoms with Gasteiger partial charge in [0.15, 0.2) is 5.11 Å². The number of nitrogens with one attached hydrogen (secondary N) is 2. The van der Waals surface area contributed by atoms with Gasteiger partial charge in [0.1, 0.15) is 11.9 Å². The van der Waals surface area contributed by atoms with Crippen LogP contribution in [0.4, 0.5) is 10.1 Å². The van der Waals surface area contributed by atoms with Crippen molar-refractivity contribution in [2.75, 3.05) is 11.9 Å². The molecule has 0 atom stereocenters. The molecule has 16 heavy (non-hydrogen) atoms. The Morgan fingerprint density at radius 1 is 1.56 bits per heavy atom. The van der Waals surface area contributed by atoms with Crippen LogP contribution in [0.25, 0.3) is 0 Å². The van der Waals surface area contributed by atoms with E-state index in [-0.39, 0.29) is 5.56 Å². The predicted octanol–water partition coefficient (Wildman–Crippen LogP) is 2.39. The summed E-state index contributed by atoms with van der Waals surface area (Å²) in [4.78, 5) is 0. The minimum absolute atomic E-state index is 0.00305. The third-order valence-electron chi connectivity index (χ3n) is 1.88. The minimum Gasteiger partial charge on any atom is -0.362 e. The number of benzene rings is 1. The standard InChI is InChI=1S/C11H12FN3S/c1-2-5-14-11(16)15-9-3-4-10(12)8(6-9)7-13/h3-4,6H,2,5H2,1H3,(H2,14,15,16). The van der Waals surface area contributed by atoms with Gasteiger partial charge in [0.25, 0.3) is 0 Å². The maximum Gasteiger partial charge on any atom is 0.170 e. The molecule has 0 bridgehead atoms. The van der Waals surface area contributed by atoms with Crippen molar-refractivity contribution in [3.8, 4) is 6.07 Å². The van der Waals surface area contributed by atoms with Crippen molar-refractivity contribution in [2.24, 2.45) is 0 Å². The van der Waals surface area contributed by atoms with Gasteiger partial charge in [-0.05, 0) is 36.8 Å². The summed E-state index contributed by atoms with van der Waals surface area (Å²) in [7, 11) is 0. The van der Waals surface area contributed by atoms with Gasteiger partial charge in [-0.3, -0.25) is 0 Å². The Hall–Kier alpha value is -1.67. The topological polar surface area (TPSA) is 47.8 Å². The Morgan fingerprint density at radius 2 is 2.31 bits per heavy atom. The second-order valence-electron chi connectivity index (χ2n) is 3.19. The van der Waals surface area contributed by atoms with Crippen LogP contribution in [-0.2, 0) is 0 Å². The molecule has 0 unspecified atom stereocenters. The van der Waals surface area contributed by atoms with Crippen LogP contribution in [0.15, 0.2) is 18.2 Å². The summed E-state index contributed by atoms with van der Waals surface area (Å²) < 4.78 is 13.0. The predicted molar refractivity (Wildman–Crippen MR) is 65.6 cm³/mol. The zero-order valence-corrected chi connectivity index (χ0v) is 9.70. The van der Waals surface area contributed by atoms with Gasteiger partial charge in [-0.15, -0.1) is 0 Å². The Balaban J connectivity index is 2.68. The maximum absolute atomic E-state index is 13.0. The first-order valence-electron chi connectivity index (χ1n) is 4.92. The first-order chi connectivity index (χ1) is 7.67. The van der Waals surface area contributed by atoms with Crippen LogP contribution >= 0.6 is 12.2 Å². The van der Waals surface area contributed by atoms with Crippen LogP contribution in [0.3, 0.4) is 0 Å². The molecular formula is C11H12FN3S. The molecule has 0 saturated carbocycles. The van der Waals surface area contributed by atoms with Gasteiger partial charge in [0.05, 0.1) is 5.56 Å². The van der Waals surface area contributed by atoms with Crippen molar-refractivity contribution in [1.82, 2.24) is 5.32 Å². The zero-order chi connectivity index (χ0) is 12.0. The second kappa shape index (κ2) is 6.03. The fraction of sp³-hybridized carbons (Fsp3) is 0.273. The number of rotatable bonds is 3. The first-order valence-corrected chi connectivity index (χ1v) is 5.32. The fourth-order valence-corrected chi connectivity index (χ4v) is 1.32. The lowest BCUT2D eigenvalue weighted by Gasteiger charge is -2.09. The monoisotopic (exact) mass is 237 g/mol. The van der Waals surface area contributed by atoms with E-state index in [2.05, 4.69) is 10.6 Å². The van der Waals surface area contributed by atoms with Crippen molar-refractivity contribution < 1.29 is 4.39 Å². The number of nitriles is 1. The molecule has 1 rings (SSSR count). The van der Waals surface area contributed by atoms with Gasteiger partial charge in [-0.1, -0.05) is 6.92 Å². The fourth-order valence-electron chi connectivity index (χ4n) is 1.10. The van der Waals surface area contributed by atoms with Crippen LogP contribution in [-0.4, -0.2) is 11.7 Å². The van der Waals surface area contributed by atoms with Crippen LogP contribution < -0.4 is 10.6 Å². The summed E-state index contributed by atoms with van der Waals surface area (Å²) in [6, 6.07) is 5.98. The molecule has 3 nitrogen and oxygen atoms in total. The van der Waals surface area contributed by atoms with E-state index < -0.39 is 5.82 Å². The molecule has 0 aliphatic heterocycles. The van der Waals surface area contributed by atoms with Crippen molar-refractivity contribution in [2.45, 2.75) is 13.3 Å². The highest BCUT2D eigenvalue weighted by atomic mass is 32.1. The van der Waals surface area contributed by atoms with Crippen molar-refractivity contribution in [3.05, 3.63) is 29.6 Å². The number of halogens is 1. The Morgan fingerprint density at radius 3 is 2.94 bits per heavy atom. The molecule has 1 aromatic rings. The van der Waals surface area contributed by atoms with E-state index >= 15 is 0 Å². The molecule has 2 N–H and O–H groups in total. The van der Waals surface area contributed by atoms with E-state index in [1.165, 1.54) is 18.2 Å². The summed E-state index contributed by atoms with van der Waals surface area (Å²) in [6.07, 6.45) is 0.967. The molecule has 0 radical (unpaired) electrons. The number of anilines is 1. The second-order valence-corrected chi connectivity index (χ2v) is 3.60. The van der Waals surface area contributed by atoms with Crippen molar-refractivity contribution in [3.63, 3.8) is 0 Å². The number of hydrogen-bond acceptors (Lipinski definition) is 2. The van der Waals surface area contributed by atoms with Gasteiger partial charge in [-0.2, -0.15) is 5.26 Å². The lowest BCUT2D eigenvalue weighted by Crippen LogP contribution is -2.28. The first kappa shape index (κ1) is 12.4. The van der Waals surface area contributed by atoms with Gasteiger partial charge in [-0.25, -0.2) is 4.39 Å². The summed E-state index contributed by atoms with van der Waals surface area (Å²) in [6.45, 7) is 2.80. The van der Waals surface area contributed by atoms with E-state index in [0.717, 1.165) is 13.0 Å². The van der Waals surface area contributed by atoms with E-state index in [1.807, 2.05) is 6.92 Å².